The van der Waals surface area contributed by atoms with Gasteiger partial charge in [0.05, 0.1) is 0 Å². The van der Waals surface area contributed by atoms with Crippen LogP contribution < -0.4 is 11.5 Å². The van der Waals surface area contributed by atoms with E-state index in [1.54, 1.807) is 0 Å². The zero-order valence-electron chi connectivity index (χ0n) is 7.00. The number of nitrogens with two attached hydrogens (primary N) is 2. The average molecular weight is 154 g/mol. The molecular formula is C9H18N2. The molecule has 2 heteroatoms. The first kappa shape index (κ1) is 7.56. The first-order valence-electron chi connectivity index (χ1n) is 4.77. The minimum atomic E-state index is 0.808. The molecule has 2 fully saturated rings. The Balaban J connectivity index is 2.06. The van der Waals surface area contributed by atoms with Crippen LogP contribution in [0, 0.1) is 23.7 Å². The Labute approximate surface area is 68.3 Å². The zero-order valence-corrected chi connectivity index (χ0v) is 7.00. The van der Waals surface area contributed by atoms with E-state index in [4.69, 9.17) is 11.5 Å². The van der Waals surface area contributed by atoms with Crippen LogP contribution in [0.4, 0.5) is 0 Å². The van der Waals surface area contributed by atoms with Gasteiger partial charge in [0.1, 0.15) is 0 Å². The van der Waals surface area contributed by atoms with Crippen molar-refractivity contribution in [2.45, 2.75) is 19.3 Å². The lowest BCUT2D eigenvalue weighted by atomic mass is 9.88. The molecule has 2 aliphatic rings. The molecule has 2 saturated carbocycles. The van der Waals surface area contributed by atoms with Gasteiger partial charge in [-0.1, -0.05) is 0 Å². The molecule has 4 N–H and O–H groups in total. The van der Waals surface area contributed by atoms with Crippen LogP contribution in [0.3, 0.4) is 0 Å². The highest BCUT2D eigenvalue weighted by Crippen LogP contribution is 2.51. The largest absolute Gasteiger partial charge is 0.330 e. The SMILES string of the molecule is NCC1CC2CCC1C2CN. The standard InChI is InChI=1S/C9H18N2/c10-4-7-3-6-1-2-8(7)9(6)5-11/h6-9H,1-5,10-11H2. The third kappa shape index (κ3) is 1.00. The van der Waals surface area contributed by atoms with Crippen LogP contribution in [0.15, 0.2) is 0 Å². The van der Waals surface area contributed by atoms with Crippen molar-refractivity contribution in [3.8, 4) is 0 Å². The number of rotatable bonds is 2. The van der Waals surface area contributed by atoms with Crippen molar-refractivity contribution in [1.82, 2.24) is 0 Å². The van der Waals surface area contributed by atoms with E-state index in [-0.39, 0.29) is 0 Å². The van der Waals surface area contributed by atoms with Crippen LogP contribution >= 0.6 is 0 Å². The lowest BCUT2D eigenvalue weighted by Gasteiger charge is -2.19. The molecular weight excluding hydrogens is 136 g/mol. The maximum atomic E-state index is 5.73. The van der Waals surface area contributed by atoms with Gasteiger partial charge in [-0.15, -0.1) is 0 Å². The zero-order chi connectivity index (χ0) is 7.84. The van der Waals surface area contributed by atoms with E-state index in [0.717, 1.165) is 36.8 Å². The number of hydrogen-bond donors (Lipinski definition) is 2. The van der Waals surface area contributed by atoms with Gasteiger partial charge < -0.3 is 11.5 Å². The Bertz CT molecular complexity index is 146. The second-order valence-electron chi connectivity index (χ2n) is 4.13. The van der Waals surface area contributed by atoms with Gasteiger partial charge in [-0.3, -0.25) is 0 Å². The van der Waals surface area contributed by atoms with E-state index >= 15 is 0 Å². The molecule has 2 nitrogen and oxygen atoms in total. The van der Waals surface area contributed by atoms with Crippen molar-refractivity contribution in [2.24, 2.45) is 35.1 Å². The molecule has 0 heterocycles. The van der Waals surface area contributed by atoms with Gasteiger partial charge in [0.2, 0.25) is 0 Å². The van der Waals surface area contributed by atoms with Gasteiger partial charge in [0, 0.05) is 0 Å². The fourth-order valence-corrected chi connectivity index (χ4v) is 3.26. The lowest BCUT2D eigenvalue weighted by Crippen LogP contribution is -2.24. The summed E-state index contributed by atoms with van der Waals surface area (Å²) in [5, 5.41) is 0. The van der Waals surface area contributed by atoms with Crippen LogP contribution in [-0.4, -0.2) is 13.1 Å². The molecule has 2 rings (SSSR count). The van der Waals surface area contributed by atoms with E-state index in [9.17, 15) is 0 Å². The Morgan fingerprint density at radius 1 is 1.09 bits per heavy atom. The van der Waals surface area contributed by atoms with Crippen molar-refractivity contribution < 1.29 is 0 Å². The molecule has 4 atom stereocenters. The molecule has 11 heavy (non-hydrogen) atoms. The molecule has 0 spiro atoms. The molecule has 0 amide bonds. The fourth-order valence-electron chi connectivity index (χ4n) is 3.26. The molecule has 0 aromatic carbocycles. The van der Waals surface area contributed by atoms with Crippen LogP contribution in [0.1, 0.15) is 19.3 Å². The van der Waals surface area contributed by atoms with Crippen molar-refractivity contribution in [2.75, 3.05) is 13.1 Å². The Kier molecular flexibility index (Phi) is 1.90. The highest BCUT2D eigenvalue weighted by Gasteiger charge is 2.46. The van der Waals surface area contributed by atoms with E-state index < -0.39 is 0 Å². The summed E-state index contributed by atoms with van der Waals surface area (Å²) in [5.74, 6) is 3.44. The second kappa shape index (κ2) is 2.76. The van der Waals surface area contributed by atoms with Crippen molar-refractivity contribution >= 4 is 0 Å². The lowest BCUT2D eigenvalue weighted by molar-refractivity contribution is 0.326. The maximum absolute atomic E-state index is 5.73. The fraction of sp³-hybridized carbons (Fsp3) is 1.00. The van der Waals surface area contributed by atoms with Gasteiger partial charge >= 0.3 is 0 Å². The smallest absolute Gasteiger partial charge is 0.00434 e. The summed E-state index contributed by atoms with van der Waals surface area (Å²) < 4.78 is 0. The summed E-state index contributed by atoms with van der Waals surface area (Å²) in [6.45, 7) is 1.78. The Hall–Kier alpha value is -0.0800. The predicted octanol–water partition coefficient (Wildman–Crippen LogP) is 0.566. The Morgan fingerprint density at radius 3 is 2.36 bits per heavy atom. The van der Waals surface area contributed by atoms with Crippen LogP contribution in [0.5, 0.6) is 0 Å². The molecule has 0 aromatic heterocycles. The van der Waals surface area contributed by atoms with Crippen molar-refractivity contribution in [3.05, 3.63) is 0 Å². The molecule has 2 aliphatic carbocycles. The van der Waals surface area contributed by atoms with Crippen molar-refractivity contribution in [3.63, 3.8) is 0 Å². The summed E-state index contributed by atoms with van der Waals surface area (Å²) in [6, 6.07) is 0. The second-order valence-corrected chi connectivity index (χ2v) is 4.13. The summed E-state index contributed by atoms with van der Waals surface area (Å²) >= 11 is 0. The van der Waals surface area contributed by atoms with Gasteiger partial charge in [-0.25, -0.2) is 0 Å². The van der Waals surface area contributed by atoms with Gasteiger partial charge in [0.25, 0.3) is 0 Å². The van der Waals surface area contributed by atoms with E-state index in [1.165, 1.54) is 19.3 Å². The van der Waals surface area contributed by atoms with Gasteiger partial charge in [0.15, 0.2) is 0 Å². The number of hydrogen-bond acceptors (Lipinski definition) is 2. The van der Waals surface area contributed by atoms with Crippen molar-refractivity contribution in [1.29, 1.82) is 0 Å². The molecule has 0 aromatic rings. The monoisotopic (exact) mass is 154 g/mol. The normalized spacial score (nSPS) is 48.5. The molecule has 0 aliphatic heterocycles. The van der Waals surface area contributed by atoms with Crippen LogP contribution in [-0.2, 0) is 0 Å². The molecule has 4 unspecified atom stereocenters. The van der Waals surface area contributed by atoms with Gasteiger partial charge in [-0.2, -0.15) is 0 Å². The van der Waals surface area contributed by atoms with Crippen LogP contribution in [0.25, 0.3) is 0 Å². The van der Waals surface area contributed by atoms with E-state index in [0.29, 0.717) is 0 Å². The molecule has 0 radical (unpaired) electrons. The van der Waals surface area contributed by atoms with Crippen LogP contribution in [0.2, 0.25) is 0 Å². The third-order valence-electron chi connectivity index (χ3n) is 3.81. The topological polar surface area (TPSA) is 52.0 Å². The summed E-state index contributed by atoms with van der Waals surface area (Å²) in [5.41, 5.74) is 11.4. The maximum Gasteiger partial charge on any atom is -0.00434 e. The Morgan fingerprint density at radius 2 is 1.91 bits per heavy atom. The molecule has 64 valence electrons. The van der Waals surface area contributed by atoms with E-state index in [2.05, 4.69) is 0 Å². The summed E-state index contributed by atoms with van der Waals surface area (Å²) in [6.07, 6.45) is 4.18. The molecule has 0 saturated heterocycles. The highest BCUT2D eigenvalue weighted by molar-refractivity contribution is 4.97. The minimum Gasteiger partial charge on any atom is -0.330 e. The van der Waals surface area contributed by atoms with E-state index in [1.807, 2.05) is 0 Å². The summed E-state index contributed by atoms with van der Waals surface area (Å²) in [7, 11) is 0. The quantitative estimate of drug-likeness (QED) is 0.611. The third-order valence-corrected chi connectivity index (χ3v) is 3.81. The van der Waals surface area contributed by atoms with Gasteiger partial charge in [-0.05, 0) is 56.0 Å². The first-order valence-corrected chi connectivity index (χ1v) is 4.77. The first-order chi connectivity index (χ1) is 5.36. The summed E-state index contributed by atoms with van der Waals surface area (Å²) in [4.78, 5) is 0. The minimum absolute atomic E-state index is 0.808. The molecule has 2 bridgehead atoms. The average Bonchev–Trinajstić information content (AvgIpc) is 2.59. The highest BCUT2D eigenvalue weighted by atomic mass is 14.7. The predicted molar refractivity (Wildman–Crippen MR) is 45.9 cm³/mol. The number of fused-ring (bicyclic) bond motifs is 2.